The Labute approximate surface area is 158 Å². The van der Waals surface area contributed by atoms with Crippen LogP contribution in [0.2, 0.25) is 0 Å². The molecule has 0 aromatic carbocycles. The van der Waals surface area contributed by atoms with Crippen molar-refractivity contribution in [3.05, 3.63) is 12.3 Å². The molecule has 7 nitrogen and oxygen atoms in total. The Morgan fingerprint density at radius 2 is 1.85 bits per heavy atom. The molecule has 0 aromatic rings. The van der Waals surface area contributed by atoms with Crippen molar-refractivity contribution in [1.29, 1.82) is 0 Å². The molecule has 4 unspecified atom stereocenters. The molecule has 0 saturated carbocycles. The lowest BCUT2D eigenvalue weighted by molar-refractivity contribution is -0.130. The molecule has 0 saturated heterocycles. The average molecular weight is 376 g/mol. The number of aliphatic hydroxyl groups is 1. The van der Waals surface area contributed by atoms with Gasteiger partial charge in [-0.1, -0.05) is 20.8 Å². The Kier molecular flexibility index (Phi) is 12.5. The molecule has 0 spiro atoms. The van der Waals surface area contributed by atoms with Crippen LogP contribution in [-0.2, 0) is 23.7 Å². The summed E-state index contributed by atoms with van der Waals surface area (Å²) in [5.74, 6) is -0.0138. The third-order valence-corrected chi connectivity index (χ3v) is 3.49. The molecule has 2 N–H and O–H groups in total. The van der Waals surface area contributed by atoms with E-state index in [2.05, 4.69) is 5.32 Å². The molecular weight excluding hydrogens is 338 g/mol. The molecule has 0 aliphatic carbocycles. The number of carbonyl (C=O) groups is 1. The van der Waals surface area contributed by atoms with E-state index < -0.39 is 5.41 Å². The quantitative estimate of drug-likeness (QED) is 0.378. The second-order valence-electron chi connectivity index (χ2n) is 7.45. The molecule has 7 heteroatoms. The number of hydrogen-bond donors (Lipinski definition) is 2. The molecule has 4 atom stereocenters. The number of nitrogens with one attached hydrogen (secondary N) is 1. The van der Waals surface area contributed by atoms with Crippen molar-refractivity contribution in [2.45, 2.75) is 65.9 Å². The second-order valence-corrected chi connectivity index (χ2v) is 7.45. The number of hydrogen-bond acceptors (Lipinski definition) is 6. The van der Waals surface area contributed by atoms with Gasteiger partial charge in [-0.15, -0.1) is 0 Å². The number of aliphatic hydroxyl groups excluding tert-OH is 1. The Hall–Kier alpha value is -1.15. The Bertz CT molecular complexity index is 407. The van der Waals surface area contributed by atoms with Gasteiger partial charge in [-0.3, -0.25) is 4.79 Å². The van der Waals surface area contributed by atoms with E-state index >= 15 is 0 Å². The first kappa shape index (κ1) is 24.8. The van der Waals surface area contributed by atoms with Crippen molar-refractivity contribution >= 4 is 5.91 Å². The monoisotopic (exact) mass is 375 g/mol. The SMILES string of the molecule is COCC(C)OC(/C=C/OCCO)C(C)OCC(C)NC(=O)C(C)(C)C. The van der Waals surface area contributed by atoms with Gasteiger partial charge in [0.2, 0.25) is 5.91 Å². The number of ether oxygens (including phenoxy) is 4. The Morgan fingerprint density at radius 3 is 2.38 bits per heavy atom. The Balaban J connectivity index is 4.61. The van der Waals surface area contributed by atoms with Crippen LogP contribution in [-0.4, -0.2) is 68.9 Å². The van der Waals surface area contributed by atoms with Gasteiger partial charge in [0.15, 0.2) is 0 Å². The minimum atomic E-state index is -0.437. The van der Waals surface area contributed by atoms with Gasteiger partial charge in [0.05, 0.1) is 38.3 Å². The van der Waals surface area contributed by atoms with Crippen molar-refractivity contribution in [3.8, 4) is 0 Å². The van der Waals surface area contributed by atoms with E-state index in [0.717, 1.165) is 0 Å². The van der Waals surface area contributed by atoms with Crippen LogP contribution in [0.15, 0.2) is 12.3 Å². The highest BCUT2D eigenvalue weighted by atomic mass is 16.6. The zero-order valence-corrected chi connectivity index (χ0v) is 17.3. The lowest BCUT2D eigenvalue weighted by atomic mass is 9.95. The van der Waals surface area contributed by atoms with Gasteiger partial charge in [-0.25, -0.2) is 0 Å². The molecule has 0 aliphatic rings. The minimum absolute atomic E-state index is 0.0138. The summed E-state index contributed by atoms with van der Waals surface area (Å²) >= 11 is 0. The van der Waals surface area contributed by atoms with Crippen LogP contribution in [0.3, 0.4) is 0 Å². The molecule has 26 heavy (non-hydrogen) atoms. The first-order valence-electron chi connectivity index (χ1n) is 9.07. The summed E-state index contributed by atoms with van der Waals surface area (Å²) in [7, 11) is 1.62. The molecule has 0 aliphatic heterocycles. The minimum Gasteiger partial charge on any atom is -0.499 e. The van der Waals surface area contributed by atoms with Crippen molar-refractivity contribution in [1.82, 2.24) is 5.32 Å². The summed E-state index contributed by atoms with van der Waals surface area (Å²) in [6.07, 6.45) is 2.55. The normalized spacial score (nSPS) is 16.9. The maximum atomic E-state index is 12.0. The van der Waals surface area contributed by atoms with Crippen LogP contribution < -0.4 is 5.32 Å². The van der Waals surface area contributed by atoms with E-state index in [1.807, 2.05) is 41.5 Å². The fourth-order valence-electron chi connectivity index (χ4n) is 1.98. The van der Waals surface area contributed by atoms with Gasteiger partial charge in [0.1, 0.15) is 12.7 Å². The molecule has 0 bridgehead atoms. The van der Waals surface area contributed by atoms with Crippen molar-refractivity contribution in [3.63, 3.8) is 0 Å². The van der Waals surface area contributed by atoms with E-state index in [1.165, 1.54) is 6.26 Å². The van der Waals surface area contributed by atoms with Crippen molar-refractivity contribution in [2.24, 2.45) is 5.41 Å². The van der Waals surface area contributed by atoms with Gasteiger partial charge in [-0.2, -0.15) is 0 Å². The van der Waals surface area contributed by atoms with Crippen molar-refractivity contribution in [2.75, 3.05) is 33.5 Å². The van der Waals surface area contributed by atoms with Crippen LogP contribution in [0, 0.1) is 5.41 Å². The smallest absolute Gasteiger partial charge is 0.225 e. The molecule has 0 heterocycles. The molecule has 154 valence electrons. The maximum Gasteiger partial charge on any atom is 0.225 e. The first-order valence-corrected chi connectivity index (χ1v) is 9.07. The summed E-state index contributed by atoms with van der Waals surface area (Å²) in [4.78, 5) is 12.0. The van der Waals surface area contributed by atoms with Gasteiger partial charge >= 0.3 is 0 Å². The zero-order chi connectivity index (χ0) is 20.2. The van der Waals surface area contributed by atoms with E-state index in [0.29, 0.717) is 13.2 Å². The van der Waals surface area contributed by atoms with Crippen LogP contribution in [0.1, 0.15) is 41.5 Å². The molecular formula is C19H37NO6. The predicted molar refractivity (Wildman–Crippen MR) is 101 cm³/mol. The molecule has 1 amide bonds. The topological polar surface area (TPSA) is 86.2 Å². The number of rotatable bonds is 13. The third kappa shape index (κ3) is 11.5. The summed E-state index contributed by atoms with van der Waals surface area (Å²) in [5, 5.41) is 11.7. The maximum absolute atomic E-state index is 12.0. The lowest BCUT2D eigenvalue weighted by Gasteiger charge is -2.27. The highest BCUT2D eigenvalue weighted by molar-refractivity contribution is 5.81. The van der Waals surface area contributed by atoms with Crippen LogP contribution in [0.5, 0.6) is 0 Å². The van der Waals surface area contributed by atoms with Crippen LogP contribution in [0.25, 0.3) is 0 Å². The molecule has 0 fully saturated rings. The molecule has 0 radical (unpaired) electrons. The summed E-state index contributed by atoms with van der Waals surface area (Å²) in [6, 6.07) is -0.115. The third-order valence-electron chi connectivity index (χ3n) is 3.49. The Morgan fingerprint density at radius 1 is 1.19 bits per heavy atom. The molecule has 0 rings (SSSR count). The highest BCUT2D eigenvalue weighted by Crippen LogP contribution is 2.14. The van der Waals surface area contributed by atoms with E-state index in [-0.39, 0.29) is 43.5 Å². The van der Waals surface area contributed by atoms with Gasteiger partial charge < -0.3 is 29.4 Å². The van der Waals surface area contributed by atoms with Crippen LogP contribution in [0.4, 0.5) is 0 Å². The van der Waals surface area contributed by atoms with Gasteiger partial charge in [0, 0.05) is 18.6 Å². The van der Waals surface area contributed by atoms with Crippen molar-refractivity contribution < 1.29 is 28.8 Å². The van der Waals surface area contributed by atoms with E-state index in [9.17, 15) is 4.79 Å². The predicted octanol–water partition coefficient (Wildman–Crippen LogP) is 1.89. The van der Waals surface area contributed by atoms with Crippen LogP contribution >= 0.6 is 0 Å². The fraction of sp³-hybridized carbons (Fsp3) is 0.842. The van der Waals surface area contributed by atoms with Gasteiger partial charge in [-0.05, 0) is 26.8 Å². The standard InChI is InChI=1S/C19H37NO6/c1-14(20-18(22)19(4,5)6)12-25-16(3)17(8-10-24-11-9-21)26-15(2)13-23-7/h8,10,14-17,21H,9,11-13H2,1-7H3,(H,20,22)/b10-8+. The lowest BCUT2D eigenvalue weighted by Crippen LogP contribution is -2.43. The van der Waals surface area contributed by atoms with E-state index in [1.54, 1.807) is 13.2 Å². The van der Waals surface area contributed by atoms with Gasteiger partial charge in [0.25, 0.3) is 0 Å². The largest absolute Gasteiger partial charge is 0.499 e. The summed E-state index contributed by atoms with van der Waals surface area (Å²) in [5.41, 5.74) is -0.437. The summed E-state index contributed by atoms with van der Waals surface area (Å²) in [6.45, 7) is 12.3. The zero-order valence-electron chi connectivity index (χ0n) is 17.3. The number of methoxy groups -OCH3 is 1. The second kappa shape index (κ2) is 13.1. The fourth-order valence-corrected chi connectivity index (χ4v) is 1.98. The number of amides is 1. The highest BCUT2D eigenvalue weighted by Gasteiger charge is 2.24. The first-order chi connectivity index (χ1) is 12.1. The average Bonchev–Trinajstić information content (AvgIpc) is 2.54. The number of carbonyl (C=O) groups excluding carboxylic acids is 1. The molecule has 0 aromatic heterocycles. The summed E-state index contributed by atoms with van der Waals surface area (Å²) < 4.78 is 22.1. The van der Waals surface area contributed by atoms with E-state index in [4.69, 9.17) is 24.1 Å².